The molecule has 2 rings (SSSR count). The monoisotopic (exact) mass is 444 g/mol. The summed E-state index contributed by atoms with van der Waals surface area (Å²) in [4.78, 5) is 27.4. The second kappa shape index (κ2) is 10.4. The van der Waals surface area contributed by atoms with Crippen molar-refractivity contribution in [1.82, 2.24) is 10.2 Å². The molecule has 1 atom stereocenters. The first-order valence-corrected chi connectivity index (χ1v) is 10.5. The molecule has 150 valence electrons. The Hall–Kier alpha value is -2.14. The summed E-state index contributed by atoms with van der Waals surface area (Å²) in [7, 11) is 0. The summed E-state index contributed by atoms with van der Waals surface area (Å²) in [5, 5.41) is 2.91. The number of carbonyl (C=O) groups excluding carboxylic acids is 2. The second-order valence-electron chi connectivity index (χ2n) is 7.22. The number of nitrogens with zero attached hydrogens (tertiary/aromatic N) is 1. The molecule has 1 unspecified atom stereocenters. The Morgan fingerprint density at radius 3 is 2.43 bits per heavy atom. The zero-order valence-corrected chi connectivity index (χ0v) is 18.7. The Balaban J connectivity index is 2.24. The van der Waals surface area contributed by atoms with Crippen molar-refractivity contribution in [2.24, 2.45) is 0 Å². The molecule has 0 aromatic heterocycles. The Labute approximate surface area is 176 Å². The fourth-order valence-corrected chi connectivity index (χ4v) is 3.28. The van der Waals surface area contributed by atoms with Crippen LogP contribution in [0.25, 0.3) is 0 Å². The minimum Gasteiger partial charge on any atom is -0.354 e. The first-order chi connectivity index (χ1) is 13.3. The molecule has 2 aromatic rings. The van der Waals surface area contributed by atoms with Gasteiger partial charge in [0.05, 0.1) is 6.42 Å². The number of aryl methyl sites for hydroxylation is 2. The second-order valence-corrected chi connectivity index (χ2v) is 8.14. The molecule has 1 N–H and O–H groups in total. The van der Waals surface area contributed by atoms with Crippen LogP contribution in [0.5, 0.6) is 0 Å². The van der Waals surface area contributed by atoms with E-state index >= 15 is 0 Å². The van der Waals surface area contributed by atoms with Crippen LogP contribution in [0, 0.1) is 13.8 Å². The van der Waals surface area contributed by atoms with Gasteiger partial charge in [-0.2, -0.15) is 0 Å². The predicted molar refractivity (Wildman–Crippen MR) is 117 cm³/mol. The van der Waals surface area contributed by atoms with Crippen molar-refractivity contribution in [3.63, 3.8) is 0 Å². The Morgan fingerprint density at radius 1 is 1.11 bits per heavy atom. The van der Waals surface area contributed by atoms with E-state index in [0.29, 0.717) is 13.1 Å². The van der Waals surface area contributed by atoms with E-state index in [2.05, 4.69) is 21.2 Å². The number of carbonyl (C=O) groups is 2. The molecule has 0 aliphatic carbocycles. The van der Waals surface area contributed by atoms with Crippen molar-refractivity contribution in [1.29, 1.82) is 0 Å². The van der Waals surface area contributed by atoms with Crippen LogP contribution in [-0.2, 0) is 22.6 Å². The molecule has 0 aliphatic heterocycles. The number of halogens is 1. The highest BCUT2D eigenvalue weighted by atomic mass is 79.9. The van der Waals surface area contributed by atoms with Crippen LogP contribution in [0.4, 0.5) is 0 Å². The van der Waals surface area contributed by atoms with E-state index in [0.717, 1.165) is 33.1 Å². The summed E-state index contributed by atoms with van der Waals surface area (Å²) >= 11 is 3.44. The molecule has 5 heteroatoms. The highest BCUT2D eigenvalue weighted by Crippen LogP contribution is 2.17. The summed E-state index contributed by atoms with van der Waals surface area (Å²) in [5.74, 6) is -0.163. The third kappa shape index (κ3) is 6.20. The average molecular weight is 445 g/mol. The minimum absolute atomic E-state index is 0.0456. The molecule has 0 saturated heterocycles. The fraction of sp³-hybridized carbons (Fsp3) is 0.391. The van der Waals surface area contributed by atoms with Crippen LogP contribution in [0.3, 0.4) is 0 Å². The number of benzene rings is 2. The van der Waals surface area contributed by atoms with Crippen LogP contribution >= 0.6 is 15.9 Å². The molecule has 2 aromatic carbocycles. The molecular formula is C23H29BrN2O2. The van der Waals surface area contributed by atoms with Crippen molar-refractivity contribution < 1.29 is 9.59 Å². The number of amides is 2. The third-order valence-corrected chi connectivity index (χ3v) is 5.36. The number of rotatable bonds is 8. The summed E-state index contributed by atoms with van der Waals surface area (Å²) in [5.41, 5.74) is 4.21. The molecule has 2 amide bonds. The lowest BCUT2D eigenvalue weighted by Gasteiger charge is -2.29. The fourth-order valence-electron chi connectivity index (χ4n) is 3.02. The van der Waals surface area contributed by atoms with E-state index in [1.807, 2.05) is 63.2 Å². The van der Waals surface area contributed by atoms with Gasteiger partial charge in [-0.25, -0.2) is 0 Å². The molecule has 0 fully saturated rings. The molecule has 0 spiro atoms. The summed E-state index contributed by atoms with van der Waals surface area (Å²) in [6.07, 6.45) is 1.15. The SMILES string of the molecule is CCCNC(=O)C(C)N(Cc1ccc(Br)cc1)C(=O)Cc1cc(C)ccc1C. The van der Waals surface area contributed by atoms with Crippen LogP contribution in [0.2, 0.25) is 0 Å². The lowest BCUT2D eigenvalue weighted by Crippen LogP contribution is -2.48. The standard InChI is InChI=1S/C23H29BrN2O2/c1-5-12-25-23(28)18(4)26(15-19-8-10-21(24)11-9-19)22(27)14-20-13-16(2)6-7-17(20)3/h6-11,13,18H,5,12,14-15H2,1-4H3,(H,25,28). The van der Waals surface area contributed by atoms with Crippen LogP contribution in [0.15, 0.2) is 46.9 Å². The molecule has 4 nitrogen and oxygen atoms in total. The van der Waals surface area contributed by atoms with Gasteiger partial charge in [-0.05, 0) is 56.0 Å². The van der Waals surface area contributed by atoms with Gasteiger partial charge in [0.15, 0.2) is 0 Å². The largest absolute Gasteiger partial charge is 0.354 e. The number of nitrogens with one attached hydrogen (secondary N) is 1. The van der Waals surface area contributed by atoms with E-state index in [-0.39, 0.29) is 18.2 Å². The quantitative estimate of drug-likeness (QED) is 0.648. The predicted octanol–water partition coefficient (Wildman–Crippen LogP) is 4.55. The maximum Gasteiger partial charge on any atom is 0.242 e. The Morgan fingerprint density at radius 2 is 1.79 bits per heavy atom. The van der Waals surface area contributed by atoms with Crippen molar-refractivity contribution in [3.8, 4) is 0 Å². The molecule has 0 saturated carbocycles. The zero-order chi connectivity index (χ0) is 20.7. The van der Waals surface area contributed by atoms with Crippen LogP contribution in [0.1, 0.15) is 42.5 Å². The zero-order valence-electron chi connectivity index (χ0n) is 17.1. The smallest absolute Gasteiger partial charge is 0.242 e. The summed E-state index contributed by atoms with van der Waals surface area (Å²) in [6.45, 7) is 8.85. The van der Waals surface area contributed by atoms with E-state index in [9.17, 15) is 9.59 Å². The van der Waals surface area contributed by atoms with E-state index in [1.54, 1.807) is 11.8 Å². The van der Waals surface area contributed by atoms with Gasteiger partial charge in [-0.1, -0.05) is 58.7 Å². The molecule has 0 bridgehead atoms. The summed E-state index contributed by atoms with van der Waals surface area (Å²) in [6, 6.07) is 13.4. The molecule has 0 aliphatic rings. The van der Waals surface area contributed by atoms with Crippen molar-refractivity contribution >= 4 is 27.7 Å². The van der Waals surface area contributed by atoms with E-state index in [4.69, 9.17) is 0 Å². The molecule has 0 radical (unpaired) electrons. The normalized spacial score (nSPS) is 11.8. The van der Waals surface area contributed by atoms with Crippen LogP contribution < -0.4 is 5.32 Å². The Kier molecular flexibility index (Phi) is 8.24. The molecule has 28 heavy (non-hydrogen) atoms. The number of hydrogen-bond acceptors (Lipinski definition) is 2. The maximum absolute atomic E-state index is 13.2. The van der Waals surface area contributed by atoms with Gasteiger partial charge in [0.25, 0.3) is 0 Å². The van der Waals surface area contributed by atoms with Crippen LogP contribution in [-0.4, -0.2) is 29.3 Å². The minimum atomic E-state index is -0.534. The molecule has 0 heterocycles. The lowest BCUT2D eigenvalue weighted by atomic mass is 10.0. The van der Waals surface area contributed by atoms with Crippen molar-refractivity contribution in [2.75, 3.05) is 6.54 Å². The maximum atomic E-state index is 13.2. The van der Waals surface area contributed by atoms with Gasteiger partial charge >= 0.3 is 0 Å². The van der Waals surface area contributed by atoms with E-state index < -0.39 is 6.04 Å². The van der Waals surface area contributed by atoms with Crippen molar-refractivity contribution in [2.45, 2.75) is 53.1 Å². The van der Waals surface area contributed by atoms with Crippen molar-refractivity contribution in [3.05, 3.63) is 69.2 Å². The summed E-state index contributed by atoms with van der Waals surface area (Å²) < 4.78 is 0.984. The lowest BCUT2D eigenvalue weighted by molar-refractivity contribution is -0.140. The van der Waals surface area contributed by atoms with Gasteiger partial charge in [0.2, 0.25) is 11.8 Å². The third-order valence-electron chi connectivity index (χ3n) is 4.83. The number of hydrogen-bond donors (Lipinski definition) is 1. The van der Waals surface area contributed by atoms with Gasteiger partial charge in [-0.15, -0.1) is 0 Å². The Bertz CT molecular complexity index is 818. The van der Waals surface area contributed by atoms with Gasteiger partial charge in [0, 0.05) is 17.6 Å². The first kappa shape index (κ1) is 22.2. The topological polar surface area (TPSA) is 49.4 Å². The average Bonchev–Trinajstić information content (AvgIpc) is 2.67. The highest BCUT2D eigenvalue weighted by molar-refractivity contribution is 9.10. The first-order valence-electron chi connectivity index (χ1n) is 9.69. The van der Waals surface area contributed by atoms with Gasteiger partial charge in [-0.3, -0.25) is 9.59 Å². The molecular weight excluding hydrogens is 416 g/mol. The van der Waals surface area contributed by atoms with Gasteiger partial charge in [0.1, 0.15) is 6.04 Å². The van der Waals surface area contributed by atoms with Gasteiger partial charge < -0.3 is 10.2 Å². The van der Waals surface area contributed by atoms with E-state index in [1.165, 1.54) is 0 Å². The highest BCUT2D eigenvalue weighted by Gasteiger charge is 2.26.